The summed E-state index contributed by atoms with van der Waals surface area (Å²) in [5.74, 6) is -2.47. The van der Waals surface area contributed by atoms with Gasteiger partial charge in [-0.05, 0) is 72.7 Å². The Labute approximate surface area is 313 Å². The van der Waals surface area contributed by atoms with Crippen molar-refractivity contribution >= 4 is 28.7 Å². The lowest BCUT2D eigenvalue weighted by atomic mass is 9.74. The maximum absolute atomic E-state index is 14.7. The number of aliphatic hydroxyl groups is 1. The fourth-order valence-corrected chi connectivity index (χ4v) is 8.88. The topological polar surface area (TPSA) is 152 Å². The maximum Gasteiger partial charge on any atom is 0.425 e. The van der Waals surface area contributed by atoms with Crippen LogP contribution in [0.1, 0.15) is 80.2 Å². The number of aromatic nitrogens is 1. The summed E-state index contributed by atoms with van der Waals surface area (Å²) in [4.78, 5) is 47.5. The van der Waals surface area contributed by atoms with E-state index in [2.05, 4.69) is 10.4 Å². The normalized spacial score (nSPS) is 38.6. The van der Waals surface area contributed by atoms with Crippen molar-refractivity contribution in [2.75, 3.05) is 21.2 Å². The Morgan fingerprint density at radius 1 is 1.11 bits per heavy atom. The van der Waals surface area contributed by atoms with E-state index in [0.717, 1.165) is 16.5 Å². The molecule has 294 valence electrons. The number of Topliss-reactive ketones (excluding diaryl/α,β-unsaturated/α-hetero) is 1. The quantitative estimate of drug-likeness (QED) is 0.310. The van der Waals surface area contributed by atoms with E-state index in [-0.39, 0.29) is 30.9 Å². The fourth-order valence-electron chi connectivity index (χ4n) is 8.88. The molecule has 3 N–H and O–H groups in total. The molecule has 53 heavy (non-hydrogen) atoms. The molecule has 0 unspecified atom stereocenters. The summed E-state index contributed by atoms with van der Waals surface area (Å²) in [5, 5.41) is 13.8. The second-order valence-corrected chi connectivity index (χ2v) is 16.0. The molecule has 3 aliphatic heterocycles. The number of nitrogens with one attached hydrogen (secondary N) is 2. The van der Waals surface area contributed by atoms with Gasteiger partial charge in [-0.15, -0.1) is 0 Å². The van der Waals surface area contributed by atoms with Gasteiger partial charge in [0.15, 0.2) is 11.9 Å². The van der Waals surface area contributed by atoms with Crippen LogP contribution in [0.5, 0.6) is 0 Å². The van der Waals surface area contributed by atoms with Gasteiger partial charge >= 0.3 is 12.1 Å². The Morgan fingerprint density at radius 2 is 1.81 bits per heavy atom. The van der Waals surface area contributed by atoms with E-state index in [4.69, 9.17) is 23.7 Å². The molecule has 0 bridgehead atoms. The number of para-hydroxylation sites is 1. The van der Waals surface area contributed by atoms with Gasteiger partial charge < -0.3 is 38.7 Å². The van der Waals surface area contributed by atoms with Gasteiger partial charge in [0, 0.05) is 60.1 Å². The molecule has 13 nitrogen and oxygen atoms in total. The largest absolute Gasteiger partial charge is 0.455 e. The lowest BCUT2D eigenvalue weighted by molar-refractivity contribution is -0.294. The highest BCUT2D eigenvalue weighted by atomic mass is 16.7. The Bertz CT molecular complexity index is 1660. The van der Waals surface area contributed by atoms with Gasteiger partial charge in [0.25, 0.3) is 0 Å². The van der Waals surface area contributed by atoms with Gasteiger partial charge in [-0.1, -0.05) is 52.0 Å². The third-order valence-corrected chi connectivity index (χ3v) is 11.8. The molecule has 0 spiro atoms. The zero-order valence-corrected chi connectivity index (χ0v) is 33.2. The summed E-state index contributed by atoms with van der Waals surface area (Å²) in [7, 11) is 5.40. The van der Waals surface area contributed by atoms with Crippen LogP contribution in [-0.4, -0.2) is 113 Å². The fraction of sp³-hybridized carbons (Fsp3) is 0.675. The van der Waals surface area contributed by atoms with Crippen LogP contribution in [0, 0.1) is 17.8 Å². The van der Waals surface area contributed by atoms with E-state index in [1.165, 1.54) is 5.01 Å². The summed E-state index contributed by atoms with van der Waals surface area (Å²) in [5.41, 5.74) is 3.05. The molecule has 2 fully saturated rings. The number of ketones is 1. The lowest BCUT2D eigenvalue weighted by Gasteiger charge is -2.46. The monoisotopic (exact) mass is 740 g/mol. The van der Waals surface area contributed by atoms with Crippen LogP contribution in [0.2, 0.25) is 0 Å². The van der Waals surface area contributed by atoms with Gasteiger partial charge in [-0.25, -0.2) is 20.0 Å². The molecule has 1 amide bonds. The number of likely N-dealkylation sites (N-methyl/N-ethyl adjacent to an activating group) is 1. The molecule has 1 aromatic carbocycles. The molecule has 2 saturated heterocycles. The van der Waals surface area contributed by atoms with Crippen LogP contribution < -0.4 is 5.43 Å². The number of nitrogens with zero attached hydrogens (tertiary/aromatic N) is 2. The van der Waals surface area contributed by atoms with Crippen molar-refractivity contribution in [2.45, 2.75) is 135 Å². The number of H-pyrrole nitrogens is 1. The van der Waals surface area contributed by atoms with Crippen LogP contribution in [0.15, 0.2) is 42.1 Å². The van der Waals surface area contributed by atoms with E-state index in [0.29, 0.717) is 18.4 Å². The van der Waals surface area contributed by atoms with Gasteiger partial charge in [0.2, 0.25) is 0 Å². The van der Waals surface area contributed by atoms with Gasteiger partial charge in [0.1, 0.15) is 24.0 Å². The van der Waals surface area contributed by atoms with Crippen molar-refractivity contribution in [3.63, 3.8) is 0 Å². The average Bonchev–Trinajstić information content (AvgIpc) is 3.64. The van der Waals surface area contributed by atoms with Gasteiger partial charge in [-0.2, -0.15) is 0 Å². The minimum absolute atomic E-state index is 0.117. The van der Waals surface area contributed by atoms with Crippen molar-refractivity contribution in [1.82, 2.24) is 20.3 Å². The third kappa shape index (κ3) is 8.06. The molecule has 0 radical (unpaired) electrons. The number of ether oxygens (including phenoxy) is 5. The van der Waals surface area contributed by atoms with Crippen LogP contribution in [-0.2, 0) is 39.8 Å². The van der Waals surface area contributed by atoms with Crippen molar-refractivity contribution in [1.29, 1.82) is 0 Å². The van der Waals surface area contributed by atoms with Crippen molar-refractivity contribution in [3.05, 3.63) is 47.7 Å². The lowest BCUT2D eigenvalue weighted by Crippen LogP contribution is -2.60. The second kappa shape index (κ2) is 16.2. The number of carbonyl (C=O) groups is 3. The number of cyclic esters (lactones) is 1. The van der Waals surface area contributed by atoms with Gasteiger partial charge in [-0.3, -0.25) is 4.79 Å². The summed E-state index contributed by atoms with van der Waals surface area (Å²) >= 11 is 0. The summed E-state index contributed by atoms with van der Waals surface area (Å²) < 4.78 is 31.4. The maximum atomic E-state index is 14.7. The highest BCUT2D eigenvalue weighted by molar-refractivity contribution is 5.88. The number of fused-ring (bicyclic) bond motifs is 2. The first-order chi connectivity index (χ1) is 24.9. The minimum atomic E-state index is -1.37. The van der Waals surface area contributed by atoms with E-state index < -0.39 is 71.7 Å². The molecule has 5 rings (SSSR count). The predicted octanol–water partition coefficient (Wildman–Crippen LogP) is 5.12. The smallest absolute Gasteiger partial charge is 0.425 e. The standard InChI is InChI=1S/C40H60N4O9/c1-12-31-40(8)34(44(38(48)53-40)42-21-27-20-41-29-16-14-13-15-28(27)29)26(6)32(45)24(4)19-39(7,49-11)35(22(2)17-23(3)36(47)51-31)52-37-33(46)30(43(9)10)18-25(5)50-37/h13-17,20,22,24-26,30-31,33-35,37,41-42,46H,12,18-19,21H2,1-11H3/b23-17+/t22-,24+,25+,26-,30-,31+,33+,34+,35+,37-,39-,40+/m0/s1. The molecular formula is C40H60N4O9. The number of esters is 1. The number of carbonyl (C=O) groups excluding carboxylic acids is 3. The number of methoxy groups -OCH3 is 1. The Morgan fingerprint density at radius 3 is 2.47 bits per heavy atom. The SMILES string of the molecule is CC[C@H]1OC(=O)/C(C)=C/[C@H](C)[C@@H](O[C@@H]2O[C@H](C)C[C@H](N(C)C)[C@H]2O)[C@@](C)(OC)C[C@@H](C)C(=O)[C@H](C)[C@H]2N(NCc3c[nH]c4ccccc34)C(=O)O[C@]12C. The zero-order valence-electron chi connectivity index (χ0n) is 33.2. The third-order valence-electron chi connectivity index (χ3n) is 11.8. The van der Waals surface area contributed by atoms with Crippen LogP contribution in [0.4, 0.5) is 4.79 Å². The number of hydrogen-bond acceptors (Lipinski definition) is 11. The molecule has 13 heteroatoms. The van der Waals surface area contributed by atoms with E-state index in [9.17, 15) is 19.5 Å². The number of hydrazine groups is 1. The molecular weight excluding hydrogens is 680 g/mol. The molecule has 12 atom stereocenters. The van der Waals surface area contributed by atoms with Crippen LogP contribution >= 0.6 is 0 Å². The minimum Gasteiger partial charge on any atom is -0.455 e. The van der Waals surface area contributed by atoms with E-state index in [1.807, 2.05) is 84.1 Å². The summed E-state index contributed by atoms with van der Waals surface area (Å²) in [6, 6.07) is 6.83. The summed E-state index contributed by atoms with van der Waals surface area (Å²) in [6.45, 7) is 15.0. The molecule has 0 saturated carbocycles. The van der Waals surface area contributed by atoms with E-state index >= 15 is 0 Å². The number of benzene rings is 1. The molecule has 2 aromatic rings. The Hall–Kier alpha value is -3.33. The van der Waals surface area contributed by atoms with Crippen LogP contribution in [0.3, 0.4) is 0 Å². The Kier molecular flexibility index (Phi) is 12.5. The number of hydrogen-bond donors (Lipinski definition) is 3. The van der Waals surface area contributed by atoms with Crippen molar-refractivity contribution in [3.8, 4) is 0 Å². The Balaban J connectivity index is 1.53. The van der Waals surface area contributed by atoms with E-state index in [1.54, 1.807) is 34.0 Å². The number of amides is 1. The second-order valence-electron chi connectivity index (χ2n) is 16.0. The first-order valence-corrected chi connectivity index (χ1v) is 18.9. The molecule has 4 heterocycles. The number of aromatic amines is 1. The highest BCUT2D eigenvalue weighted by Crippen LogP contribution is 2.42. The molecule has 3 aliphatic rings. The first kappa shape index (κ1) is 40.8. The van der Waals surface area contributed by atoms with Crippen molar-refractivity contribution < 1.29 is 43.2 Å². The predicted molar refractivity (Wildman–Crippen MR) is 199 cm³/mol. The molecule has 0 aliphatic carbocycles. The van der Waals surface area contributed by atoms with Crippen molar-refractivity contribution in [2.24, 2.45) is 17.8 Å². The van der Waals surface area contributed by atoms with Gasteiger partial charge in [0.05, 0.1) is 17.8 Å². The van der Waals surface area contributed by atoms with Crippen LogP contribution in [0.25, 0.3) is 10.9 Å². The highest BCUT2D eigenvalue weighted by Gasteiger charge is 2.60. The number of aliphatic hydroxyl groups excluding tert-OH is 1. The number of rotatable bonds is 8. The average molecular weight is 741 g/mol. The summed E-state index contributed by atoms with van der Waals surface area (Å²) in [6.07, 6.45) is 0.451. The zero-order chi connectivity index (χ0) is 39.0. The molecule has 1 aromatic heterocycles. The first-order valence-electron chi connectivity index (χ1n) is 18.9.